The van der Waals surface area contributed by atoms with Gasteiger partial charge in [0.1, 0.15) is 0 Å². The predicted molar refractivity (Wildman–Crippen MR) is 67.4 cm³/mol. The van der Waals surface area contributed by atoms with E-state index in [1.165, 1.54) is 11.3 Å². The van der Waals surface area contributed by atoms with E-state index in [0.717, 1.165) is 16.1 Å². The van der Waals surface area contributed by atoms with Crippen molar-refractivity contribution in [1.29, 1.82) is 0 Å². The summed E-state index contributed by atoms with van der Waals surface area (Å²) in [7, 11) is 0. The lowest BCUT2D eigenvalue weighted by atomic mass is 9.95. The highest BCUT2D eigenvalue weighted by Crippen LogP contribution is 2.22. The Kier molecular flexibility index (Phi) is 3.54. The first kappa shape index (κ1) is 11.8. The van der Waals surface area contributed by atoms with Crippen LogP contribution in [0.2, 0.25) is 0 Å². The van der Waals surface area contributed by atoms with Crippen LogP contribution in [0, 0.1) is 6.92 Å². The summed E-state index contributed by atoms with van der Waals surface area (Å²) in [6.45, 7) is 1.99. The Hall–Kier alpha value is -1.68. The molecule has 0 fully saturated rings. The Morgan fingerprint density at radius 1 is 1.41 bits per heavy atom. The number of benzene rings is 1. The fourth-order valence-electron chi connectivity index (χ4n) is 1.67. The van der Waals surface area contributed by atoms with Crippen LogP contribution in [0.4, 0.5) is 0 Å². The maximum atomic E-state index is 11.3. The van der Waals surface area contributed by atoms with Gasteiger partial charge in [-0.15, -0.1) is 11.3 Å². The minimum atomic E-state index is -0.802. The molecule has 0 aliphatic rings. The van der Waals surface area contributed by atoms with Gasteiger partial charge >= 0.3 is 5.97 Å². The van der Waals surface area contributed by atoms with Crippen molar-refractivity contribution in [2.24, 2.45) is 0 Å². The first-order chi connectivity index (χ1) is 8.16. The van der Waals surface area contributed by atoms with Gasteiger partial charge in [-0.3, -0.25) is 4.79 Å². The van der Waals surface area contributed by atoms with Crippen molar-refractivity contribution in [3.05, 3.63) is 52.0 Å². The second-order valence-corrected chi connectivity index (χ2v) is 4.91. The number of nitrogens with zero attached hydrogens (tertiary/aromatic N) is 1. The number of aliphatic carboxylic acids is 1. The summed E-state index contributed by atoms with van der Waals surface area (Å²) in [5.74, 6) is -1.31. The molecule has 4 heteroatoms. The smallest absolute Gasteiger partial charge is 0.311 e. The highest BCUT2D eigenvalue weighted by Gasteiger charge is 2.21. The number of carbonyl (C=O) groups is 1. The SMILES string of the molecule is Cc1ccc(C(Cc2nccs2)C(=O)O)cc1. The maximum absolute atomic E-state index is 11.3. The van der Waals surface area contributed by atoms with E-state index in [4.69, 9.17) is 0 Å². The molecule has 0 amide bonds. The molecule has 88 valence electrons. The zero-order valence-electron chi connectivity index (χ0n) is 9.46. The van der Waals surface area contributed by atoms with E-state index in [0.29, 0.717) is 6.42 Å². The minimum absolute atomic E-state index is 0.454. The van der Waals surface area contributed by atoms with Crippen molar-refractivity contribution < 1.29 is 9.90 Å². The molecule has 1 heterocycles. The van der Waals surface area contributed by atoms with Crippen LogP contribution in [-0.4, -0.2) is 16.1 Å². The molecule has 1 aromatic carbocycles. The summed E-state index contributed by atoms with van der Waals surface area (Å²) in [6.07, 6.45) is 2.16. The van der Waals surface area contributed by atoms with Gasteiger partial charge in [0, 0.05) is 18.0 Å². The van der Waals surface area contributed by atoms with E-state index in [2.05, 4.69) is 4.98 Å². The Morgan fingerprint density at radius 2 is 2.12 bits per heavy atom. The predicted octanol–water partition coefficient (Wildman–Crippen LogP) is 2.86. The molecular formula is C13H13NO2S. The van der Waals surface area contributed by atoms with Gasteiger partial charge in [-0.05, 0) is 12.5 Å². The average Bonchev–Trinajstić information content (AvgIpc) is 2.80. The molecule has 1 aromatic heterocycles. The Bertz CT molecular complexity index is 491. The van der Waals surface area contributed by atoms with E-state index >= 15 is 0 Å². The quantitative estimate of drug-likeness (QED) is 0.903. The molecule has 0 saturated heterocycles. The fourth-order valence-corrected chi connectivity index (χ4v) is 2.34. The van der Waals surface area contributed by atoms with Gasteiger partial charge < -0.3 is 5.11 Å². The second kappa shape index (κ2) is 5.10. The standard InChI is InChI=1S/C13H13NO2S/c1-9-2-4-10(5-3-9)11(13(15)16)8-12-14-6-7-17-12/h2-7,11H,8H2,1H3,(H,15,16). The third-order valence-electron chi connectivity index (χ3n) is 2.64. The largest absolute Gasteiger partial charge is 0.481 e. The van der Waals surface area contributed by atoms with Gasteiger partial charge in [0.15, 0.2) is 0 Å². The third kappa shape index (κ3) is 2.91. The van der Waals surface area contributed by atoms with E-state index in [-0.39, 0.29) is 0 Å². The van der Waals surface area contributed by atoms with Crippen molar-refractivity contribution in [1.82, 2.24) is 4.98 Å². The molecule has 0 radical (unpaired) electrons. The summed E-state index contributed by atoms with van der Waals surface area (Å²) in [5, 5.41) is 12.0. The summed E-state index contributed by atoms with van der Waals surface area (Å²) >= 11 is 1.49. The molecular weight excluding hydrogens is 234 g/mol. The van der Waals surface area contributed by atoms with Gasteiger partial charge in [0.2, 0.25) is 0 Å². The van der Waals surface area contributed by atoms with Crippen LogP contribution in [0.15, 0.2) is 35.8 Å². The van der Waals surface area contributed by atoms with Gasteiger partial charge in [-0.1, -0.05) is 29.8 Å². The Labute approximate surface area is 104 Å². The van der Waals surface area contributed by atoms with Crippen molar-refractivity contribution in [3.63, 3.8) is 0 Å². The van der Waals surface area contributed by atoms with Gasteiger partial charge in [0.25, 0.3) is 0 Å². The van der Waals surface area contributed by atoms with Crippen molar-refractivity contribution in [2.75, 3.05) is 0 Å². The van der Waals surface area contributed by atoms with Crippen LogP contribution >= 0.6 is 11.3 Å². The zero-order valence-corrected chi connectivity index (χ0v) is 10.3. The third-order valence-corrected chi connectivity index (χ3v) is 3.44. The van der Waals surface area contributed by atoms with Crippen LogP contribution < -0.4 is 0 Å². The van der Waals surface area contributed by atoms with Crippen molar-refractivity contribution in [3.8, 4) is 0 Å². The first-order valence-corrected chi connectivity index (χ1v) is 6.22. The zero-order chi connectivity index (χ0) is 12.3. The molecule has 1 atom stereocenters. The molecule has 0 aliphatic heterocycles. The molecule has 2 rings (SSSR count). The number of carboxylic acids is 1. The summed E-state index contributed by atoms with van der Waals surface area (Å²) in [4.78, 5) is 15.4. The van der Waals surface area contributed by atoms with Crippen LogP contribution in [0.25, 0.3) is 0 Å². The van der Waals surface area contributed by atoms with Crippen LogP contribution in [0.5, 0.6) is 0 Å². The first-order valence-electron chi connectivity index (χ1n) is 5.34. The summed E-state index contributed by atoms with van der Waals surface area (Å²) in [5.41, 5.74) is 1.96. The second-order valence-electron chi connectivity index (χ2n) is 3.93. The highest BCUT2D eigenvalue weighted by molar-refractivity contribution is 7.09. The van der Waals surface area contributed by atoms with E-state index < -0.39 is 11.9 Å². The van der Waals surface area contributed by atoms with E-state index in [1.807, 2.05) is 36.6 Å². The number of hydrogen-bond donors (Lipinski definition) is 1. The summed E-state index contributed by atoms with van der Waals surface area (Å²) < 4.78 is 0. The molecule has 2 aromatic rings. The molecule has 17 heavy (non-hydrogen) atoms. The molecule has 0 saturated carbocycles. The average molecular weight is 247 g/mol. The van der Waals surface area contributed by atoms with Crippen LogP contribution in [-0.2, 0) is 11.2 Å². The van der Waals surface area contributed by atoms with E-state index in [9.17, 15) is 9.90 Å². The number of aromatic nitrogens is 1. The van der Waals surface area contributed by atoms with Gasteiger partial charge in [0.05, 0.1) is 10.9 Å². The highest BCUT2D eigenvalue weighted by atomic mass is 32.1. The Morgan fingerprint density at radius 3 is 2.65 bits per heavy atom. The number of carboxylic acid groups (broad SMARTS) is 1. The topological polar surface area (TPSA) is 50.2 Å². The fraction of sp³-hybridized carbons (Fsp3) is 0.231. The van der Waals surface area contributed by atoms with Gasteiger partial charge in [-0.2, -0.15) is 0 Å². The number of rotatable bonds is 4. The summed E-state index contributed by atoms with van der Waals surface area (Å²) in [6, 6.07) is 7.63. The van der Waals surface area contributed by atoms with E-state index in [1.54, 1.807) is 6.20 Å². The molecule has 1 unspecified atom stereocenters. The maximum Gasteiger partial charge on any atom is 0.311 e. The normalized spacial score (nSPS) is 12.3. The monoisotopic (exact) mass is 247 g/mol. The molecule has 1 N–H and O–H groups in total. The molecule has 3 nitrogen and oxygen atoms in total. The number of hydrogen-bond acceptors (Lipinski definition) is 3. The molecule has 0 bridgehead atoms. The molecule has 0 aliphatic carbocycles. The number of thiazole rings is 1. The molecule has 0 spiro atoms. The lowest BCUT2D eigenvalue weighted by Gasteiger charge is -2.11. The van der Waals surface area contributed by atoms with Crippen molar-refractivity contribution in [2.45, 2.75) is 19.3 Å². The van der Waals surface area contributed by atoms with Crippen LogP contribution in [0.3, 0.4) is 0 Å². The van der Waals surface area contributed by atoms with Crippen LogP contribution in [0.1, 0.15) is 22.1 Å². The minimum Gasteiger partial charge on any atom is -0.481 e. The Balaban J connectivity index is 2.23. The van der Waals surface area contributed by atoms with Gasteiger partial charge in [-0.25, -0.2) is 4.98 Å². The lowest BCUT2D eigenvalue weighted by Crippen LogP contribution is -2.14. The number of aryl methyl sites for hydroxylation is 1. The lowest BCUT2D eigenvalue weighted by molar-refractivity contribution is -0.138. The van der Waals surface area contributed by atoms with Crippen molar-refractivity contribution >= 4 is 17.3 Å².